The lowest BCUT2D eigenvalue weighted by molar-refractivity contribution is 0.375. The number of rotatable bonds is 1. The summed E-state index contributed by atoms with van der Waals surface area (Å²) in [5.74, 6) is 0. The fourth-order valence-corrected chi connectivity index (χ4v) is 2.54. The second-order valence-electron chi connectivity index (χ2n) is 4.59. The van der Waals surface area contributed by atoms with E-state index in [2.05, 4.69) is 34.6 Å². The van der Waals surface area contributed by atoms with Gasteiger partial charge in [0.05, 0.1) is 5.52 Å². The Morgan fingerprint density at radius 1 is 1.19 bits per heavy atom. The number of hydrogen-bond donors (Lipinski definition) is 3. The number of nitrogens with two attached hydrogens (primary N) is 1. The first-order valence-electron chi connectivity index (χ1n) is 5.89. The molecule has 0 saturated carbocycles. The van der Waals surface area contributed by atoms with Crippen molar-refractivity contribution in [1.82, 2.24) is 10.3 Å². The fourth-order valence-electron chi connectivity index (χ4n) is 2.54. The van der Waals surface area contributed by atoms with Crippen LogP contribution in [0, 0.1) is 0 Å². The maximum absolute atomic E-state index is 5.90. The number of H-pyrrole nitrogens is 1. The highest BCUT2D eigenvalue weighted by atomic mass is 15.0. The lowest BCUT2D eigenvalue weighted by Crippen LogP contribution is -2.41. The molecule has 3 nitrogen and oxygen atoms in total. The Labute approximate surface area is 95.0 Å². The minimum absolute atomic E-state index is 0.319. The zero-order chi connectivity index (χ0) is 11.0. The third-order valence-corrected chi connectivity index (χ3v) is 3.45. The van der Waals surface area contributed by atoms with Gasteiger partial charge in [-0.3, -0.25) is 0 Å². The number of aromatic amines is 1. The smallest absolute Gasteiger partial charge is 0.0502 e. The molecule has 16 heavy (non-hydrogen) atoms. The number of benzene rings is 1. The third kappa shape index (κ3) is 1.62. The van der Waals surface area contributed by atoms with Crippen molar-refractivity contribution in [1.29, 1.82) is 0 Å². The summed E-state index contributed by atoms with van der Waals surface area (Å²) in [6.45, 7) is 0.918. The van der Waals surface area contributed by atoms with Crippen LogP contribution in [0.2, 0.25) is 0 Å². The third-order valence-electron chi connectivity index (χ3n) is 3.45. The highest BCUT2D eigenvalue weighted by Crippen LogP contribution is 2.28. The molecular weight excluding hydrogens is 198 g/mol. The van der Waals surface area contributed by atoms with Crippen molar-refractivity contribution in [2.75, 3.05) is 6.54 Å². The molecule has 1 fully saturated rings. The first kappa shape index (κ1) is 9.87. The summed E-state index contributed by atoms with van der Waals surface area (Å²) in [7, 11) is 0. The molecule has 0 bridgehead atoms. The molecule has 84 valence electrons. The van der Waals surface area contributed by atoms with Gasteiger partial charge in [0.1, 0.15) is 0 Å². The van der Waals surface area contributed by atoms with Crippen molar-refractivity contribution in [3.05, 3.63) is 36.0 Å². The largest absolute Gasteiger partial charge is 0.361 e. The molecule has 2 aromatic rings. The van der Waals surface area contributed by atoms with E-state index in [-0.39, 0.29) is 0 Å². The summed E-state index contributed by atoms with van der Waals surface area (Å²) < 4.78 is 0. The Bertz CT molecular complexity index is 481. The van der Waals surface area contributed by atoms with Crippen LogP contribution in [0.4, 0.5) is 0 Å². The van der Waals surface area contributed by atoms with Gasteiger partial charge in [0.25, 0.3) is 0 Å². The van der Waals surface area contributed by atoms with Crippen LogP contribution in [0.3, 0.4) is 0 Å². The van der Waals surface area contributed by atoms with E-state index in [9.17, 15) is 0 Å². The molecule has 3 rings (SSSR count). The molecule has 1 aromatic carbocycles. The van der Waals surface area contributed by atoms with E-state index in [4.69, 9.17) is 5.73 Å². The minimum atomic E-state index is 0.319. The lowest BCUT2D eigenvalue weighted by Gasteiger charge is -2.28. The number of hydrogen-bond acceptors (Lipinski definition) is 2. The quantitative estimate of drug-likeness (QED) is 0.680. The van der Waals surface area contributed by atoms with E-state index >= 15 is 0 Å². The minimum Gasteiger partial charge on any atom is -0.361 e. The molecule has 1 saturated heterocycles. The lowest BCUT2D eigenvalue weighted by atomic mass is 9.94. The zero-order valence-corrected chi connectivity index (χ0v) is 9.24. The number of aromatic nitrogens is 1. The number of para-hydroxylation sites is 1. The molecule has 1 aromatic heterocycles. The van der Waals surface area contributed by atoms with Gasteiger partial charge in [-0.2, -0.15) is 0 Å². The Morgan fingerprint density at radius 3 is 2.94 bits per heavy atom. The summed E-state index contributed by atoms with van der Waals surface area (Å²) >= 11 is 0. The average Bonchev–Trinajstić information content (AvgIpc) is 2.78. The molecule has 4 N–H and O–H groups in total. The van der Waals surface area contributed by atoms with Crippen molar-refractivity contribution >= 4 is 10.9 Å². The maximum Gasteiger partial charge on any atom is 0.0502 e. The zero-order valence-electron chi connectivity index (χ0n) is 9.24. The first-order valence-corrected chi connectivity index (χ1v) is 5.89. The van der Waals surface area contributed by atoms with Gasteiger partial charge in [-0.25, -0.2) is 0 Å². The number of nitrogens with one attached hydrogen (secondary N) is 2. The summed E-state index contributed by atoms with van der Waals surface area (Å²) in [5, 5.41) is 4.81. The second kappa shape index (κ2) is 3.92. The molecule has 0 spiro atoms. The van der Waals surface area contributed by atoms with Crippen LogP contribution in [-0.4, -0.2) is 17.6 Å². The van der Waals surface area contributed by atoms with Crippen LogP contribution < -0.4 is 11.1 Å². The molecule has 0 radical (unpaired) electrons. The summed E-state index contributed by atoms with van der Waals surface area (Å²) in [5.41, 5.74) is 8.53. The van der Waals surface area contributed by atoms with E-state index < -0.39 is 0 Å². The highest BCUT2D eigenvalue weighted by Gasteiger charge is 2.20. The van der Waals surface area contributed by atoms with Crippen LogP contribution in [0.1, 0.15) is 24.4 Å². The molecule has 0 aliphatic carbocycles. The van der Waals surface area contributed by atoms with Crippen molar-refractivity contribution in [3.63, 3.8) is 0 Å². The maximum atomic E-state index is 5.90. The Morgan fingerprint density at radius 2 is 2.12 bits per heavy atom. The highest BCUT2D eigenvalue weighted by molar-refractivity contribution is 5.82. The molecule has 2 atom stereocenters. The Kier molecular flexibility index (Phi) is 2.42. The van der Waals surface area contributed by atoms with E-state index in [0.717, 1.165) is 19.4 Å². The van der Waals surface area contributed by atoms with Crippen molar-refractivity contribution in [3.8, 4) is 0 Å². The van der Waals surface area contributed by atoms with Crippen molar-refractivity contribution in [2.24, 2.45) is 5.73 Å². The van der Waals surface area contributed by atoms with Crippen LogP contribution in [0.5, 0.6) is 0 Å². The van der Waals surface area contributed by atoms with Gasteiger partial charge in [0.15, 0.2) is 0 Å². The van der Waals surface area contributed by atoms with E-state index in [1.54, 1.807) is 0 Å². The van der Waals surface area contributed by atoms with Gasteiger partial charge in [-0.15, -0.1) is 0 Å². The summed E-state index contributed by atoms with van der Waals surface area (Å²) in [6.07, 6.45) is 4.23. The fraction of sp³-hybridized carbons (Fsp3) is 0.385. The summed E-state index contributed by atoms with van der Waals surface area (Å²) in [4.78, 5) is 3.33. The monoisotopic (exact) mass is 215 g/mol. The standard InChI is InChI=1S/C13H17N3/c14-10-4-5-12(16-8-10)11-3-1-2-9-6-7-15-13(9)11/h1-3,6-7,10,12,15-16H,4-5,8,14H2. The molecular formula is C13H17N3. The SMILES string of the molecule is NC1CCC(c2cccc3cc[nH]c23)NC1. The van der Waals surface area contributed by atoms with Gasteiger partial charge >= 0.3 is 0 Å². The Hall–Kier alpha value is -1.32. The molecule has 3 heteroatoms. The normalized spacial score (nSPS) is 26.1. The van der Waals surface area contributed by atoms with Gasteiger partial charge in [0.2, 0.25) is 0 Å². The van der Waals surface area contributed by atoms with E-state index in [0.29, 0.717) is 12.1 Å². The van der Waals surface area contributed by atoms with Gasteiger partial charge in [0, 0.05) is 24.8 Å². The van der Waals surface area contributed by atoms with Gasteiger partial charge < -0.3 is 16.0 Å². The average molecular weight is 215 g/mol. The number of fused-ring (bicyclic) bond motifs is 1. The summed E-state index contributed by atoms with van der Waals surface area (Å²) in [6, 6.07) is 9.35. The van der Waals surface area contributed by atoms with Crippen LogP contribution in [0.15, 0.2) is 30.5 Å². The predicted molar refractivity (Wildman–Crippen MR) is 66.3 cm³/mol. The first-order chi connectivity index (χ1) is 7.84. The van der Waals surface area contributed by atoms with Crippen LogP contribution in [0.25, 0.3) is 10.9 Å². The van der Waals surface area contributed by atoms with Crippen LogP contribution >= 0.6 is 0 Å². The topological polar surface area (TPSA) is 53.8 Å². The number of piperidine rings is 1. The predicted octanol–water partition coefficient (Wildman–Crippen LogP) is 1.92. The molecule has 2 heterocycles. The molecule has 0 amide bonds. The molecule has 1 aliphatic rings. The molecule has 2 unspecified atom stereocenters. The van der Waals surface area contributed by atoms with Gasteiger partial charge in [-0.1, -0.05) is 18.2 Å². The van der Waals surface area contributed by atoms with Gasteiger partial charge in [-0.05, 0) is 29.9 Å². The van der Waals surface area contributed by atoms with E-state index in [1.807, 2.05) is 6.20 Å². The second-order valence-corrected chi connectivity index (χ2v) is 4.59. The van der Waals surface area contributed by atoms with Crippen LogP contribution in [-0.2, 0) is 0 Å². The van der Waals surface area contributed by atoms with Crippen molar-refractivity contribution < 1.29 is 0 Å². The van der Waals surface area contributed by atoms with Crippen molar-refractivity contribution in [2.45, 2.75) is 24.9 Å². The Balaban J connectivity index is 1.96. The van der Waals surface area contributed by atoms with E-state index in [1.165, 1.54) is 16.5 Å². The molecule has 1 aliphatic heterocycles.